The van der Waals surface area contributed by atoms with Crippen molar-refractivity contribution < 1.29 is 0 Å². The van der Waals surface area contributed by atoms with E-state index < -0.39 is 0 Å². The molecule has 4 rings (SSSR count). The highest BCUT2D eigenvalue weighted by Gasteiger charge is 2.13. The summed E-state index contributed by atoms with van der Waals surface area (Å²) in [6.07, 6.45) is 4.19. The van der Waals surface area contributed by atoms with E-state index in [9.17, 15) is 0 Å². The Bertz CT molecular complexity index is 839. The van der Waals surface area contributed by atoms with Gasteiger partial charge in [-0.15, -0.1) is 0 Å². The van der Waals surface area contributed by atoms with Crippen LogP contribution in [0.25, 0.3) is 23.1 Å². The molecular weight excluding hydrogens is 296 g/mol. The quantitative estimate of drug-likeness (QED) is 0.803. The maximum absolute atomic E-state index is 4.38. The van der Waals surface area contributed by atoms with Gasteiger partial charge in [0.2, 0.25) is 0 Å². The summed E-state index contributed by atoms with van der Waals surface area (Å²) in [5.74, 6) is 0. The molecular formula is C20H22N4. The van der Waals surface area contributed by atoms with E-state index in [0.717, 1.165) is 42.8 Å². The first-order valence-corrected chi connectivity index (χ1v) is 8.44. The van der Waals surface area contributed by atoms with E-state index in [1.165, 1.54) is 11.3 Å². The number of piperazine rings is 1. The monoisotopic (exact) mass is 318 g/mol. The molecule has 1 aliphatic rings. The molecule has 0 spiro atoms. The molecule has 0 atom stereocenters. The van der Waals surface area contributed by atoms with Gasteiger partial charge in [0.25, 0.3) is 0 Å². The van der Waals surface area contributed by atoms with Gasteiger partial charge in [-0.1, -0.05) is 36.4 Å². The number of hydrogen-bond donors (Lipinski definition) is 1. The van der Waals surface area contributed by atoms with Crippen LogP contribution in [-0.2, 0) is 0 Å². The Morgan fingerprint density at radius 3 is 2.46 bits per heavy atom. The zero-order valence-corrected chi connectivity index (χ0v) is 13.9. The van der Waals surface area contributed by atoms with Crippen molar-refractivity contribution in [3.63, 3.8) is 0 Å². The minimum Gasteiger partial charge on any atom is -0.369 e. The Morgan fingerprint density at radius 2 is 1.67 bits per heavy atom. The number of anilines is 1. The van der Waals surface area contributed by atoms with Gasteiger partial charge >= 0.3 is 0 Å². The third-order valence-electron chi connectivity index (χ3n) is 4.69. The molecule has 0 saturated carbocycles. The summed E-state index contributed by atoms with van der Waals surface area (Å²) in [5.41, 5.74) is 4.56. The van der Waals surface area contributed by atoms with Gasteiger partial charge < -0.3 is 9.80 Å². The number of benzene rings is 2. The summed E-state index contributed by atoms with van der Waals surface area (Å²) in [6.45, 7) is 4.47. The fourth-order valence-corrected chi connectivity index (χ4v) is 3.15. The SMILES string of the molecule is CN1CCN(c2ccc(/C=C/c3n[nH]c4ccccc34)cc2)CC1. The van der Waals surface area contributed by atoms with E-state index in [4.69, 9.17) is 0 Å². The van der Waals surface area contributed by atoms with Crippen LogP contribution < -0.4 is 4.90 Å². The van der Waals surface area contributed by atoms with Gasteiger partial charge in [-0.05, 0) is 36.9 Å². The molecule has 2 heterocycles. The molecule has 2 aromatic carbocycles. The van der Waals surface area contributed by atoms with Crippen LogP contribution in [0.3, 0.4) is 0 Å². The Labute approximate surface area is 142 Å². The maximum Gasteiger partial charge on any atom is 0.0927 e. The zero-order valence-electron chi connectivity index (χ0n) is 13.9. The molecule has 4 nitrogen and oxygen atoms in total. The van der Waals surface area contributed by atoms with Crippen LogP contribution in [-0.4, -0.2) is 48.3 Å². The lowest BCUT2D eigenvalue weighted by Gasteiger charge is -2.34. The molecule has 24 heavy (non-hydrogen) atoms. The van der Waals surface area contributed by atoms with Crippen LogP contribution in [0.4, 0.5) is 5.69 Å². The number of likely N-dealkylation sites (N-methyl/N-ethyl adjacent to an activating group) is 1. The molecule has 1 fully saturated rings. The van der Waals surface area contributed by atoms with Crippen molar-refractivity contribution in [3.05, 3.63) is 59.8 Å². The molecule has 1 aliphatic heterocycles. The number of H-pyrrole nitrogens is 1. The van der Waals surface area contributed by atoms with Crippen LogP contribution in [0.5, 0.6) is 0 Å². The molecule has 0 aliphatic carbocycles. The fraction of sp³-hybridized carbons (Fsp3) is 0.250. The maximum atomic E-state index is 4.38. The number of hydrogen-bond acceptors (Lipinski definition) is 3. The number of nitrogens with zero attached hydrogens (tertiary/aromatic N) is 3. The molecule has 0 bridgehead atoms. The number of rotatable bonds is 3. The standard InChI is InChI=1S/C20H22N4/c1-23-12-14-24(15-13-23)17-9-6-16(7-10-17)8-11-20-18-4-2-3-5-19(18)21-22-20/h2-11H,12-15H2,1H3,(H,21,22)/b11-8+. The minimum absolute atomic E-state index is 0.980. The van der Waals surface area contributed by atoms with Crippen molar-refractivity contribution in [1.82, 2.24) is 15.1 Å². The molecule has 0 radical (unpaired) electrons. The lowest BCUT2D eigenvalue weighted by Crippen LogP contribution is -2.44. The molecule has 1 N–H and O–H groups in total. The van der Waals surface area contributed by atoms with E-state index in [0.29, 0.717) is 0 Å². The van der Waals surface area contributed by atoms with Gasteiger partial charge in [-0.25, -0.2) is 0 Å². The fourth-order valence-electron chi connectivity index (χ4n) is 3.15. The first-order chi connectivity index (χ1) is 11.8. The number of aromatic nitrogens is 2. The van der Waals surface area contributed by atoms with E-state index in [1.54, 1.807) is 0 Å². The minimum atomic E-state index is 0.980. The zero-order chi connectivity index (χ0) is 16.4. The number of fused-ring (bicyclic) bond motifs is 1. The van der Waals surface area contributed by atoms with E-state index in [-0.39, 0.29) is 0 Å². The number of aromatic amines is 1. The second-order valence-electron chi connectivity index (χ2n) is 6.37. The van der Waals surface area contributed by atoms with Gasteiger partial charge in [-0.3, -0.25) is 5.10 Å². The van der Waals surface area contributed by atoms with Gasteiger partial charge in [0.15, 0.2) is 0 Å². The largest absolute Gasteiger partial charge is 0.369 e. The van der Waals surface area contributed by atoms with Gasteiger partial charge in [0.05, 0.1) is 11.2 Å². The van der Waals surface area contributed by atoms with Crippen LogP contribution in [0.1, 0.15) is 11.3 Å². The summed E-state index contributed by atoms with van der Waals surface area (Å²) in [7, 11) is 2.18. The molecule has 4 heteroatoms. The predicted molar refractivity (Wildman–Crippen MR) is 101 cm³/mol. The smallest absolute Gasteiger partial charge is 0.0927 e. The van der Waals surface area contributed by atoms with Crippen molar-refractivity contribution in [1.29, 1.82) is 0 Å². The topological polar surface area (TPSA) is 35.2 Å². The van der Waals surface area contributed by atoms with E-state index in [1.807, 2.05) is 18.2 Å². The highest BCUT2D eigenvalue weighted by Crippen LogP contribution is 2.20. The number of nitrogens with one attached hydrogen (secondary N) is 1. The lowest BCUT2D eigenvalue weighted by molar-refractivity contribution is 0.313. The second-order valence-corrected chi connectivity index (χ2v) is 6.37. The average Bonchev–Trinajstić information content (AvgIpc) is 3.04. The van der Waals surface area contributed by atoms with Crippen LogP contribution in [0.15, 0.2) is 48.5 Å². The van der Waals surface area contributed by atoms with Crippen LogP contribution in [0.2, 0.25) is 0 Å². The van der Waals surface area contributed by atoms with Gasteiger partial charge in [0, 0.05) is 37.3 Å². The molecule has 0 amide bonds. The third-order valence-corrected chi connectivity index (χ3v) is 4.69. The summed E-state index contributed by atoms with van der Waals surface area (Å²) in [5, 5.41) is 8.61. The summed E-state index contributed by atoms with van der Waals surface area (Å²) in [4.78, 5) is 4.83. The second kappa shape index (κ2) is 6.49. The summed E-state index contributed by atoms with van der Waals surface area (Å²) < 4.78 is 0. The first-order valence-electron chi connectivity index (χ1n) is 8.44. The van der Waals surface area contributed by atoms with E-state index in [2.05, 4.69) is 69.5 Å². The number of para-hydroxylation sites is 1. The third kappa shape index (κ3) is 3.05. The van der Waals surface area contributed by atoms with Crippen molar-refractivity contribution in [2.75, 3.05) is 38.1 Å². The predicted octanol–water partition coefficient (Wildman–Crippen LogP) is 3.49. The molecule has 1 saturated heterocycles. The average molecular weight is 318 g/mol. The normalized spacial score (nSPS) is 16.3. The molecule has 3 aromatic rings. The van der Waals surface area contributed by atoms with Crippen molar-refractivity contribution >= 4 is 28.7 Å². The highest BCUT2D eigenvalue weighted by molar-refractivity contribution is 5.89. The van der Waals surface area contributed by atoms with Crippen molar-refractivity contribution in [2.45, 2.75) is 0 Å². The molecule has 122 valence electrons. The molecule has 0 unspecified atom stereocenters. The van der Waals surface area contributed by atoms with Crippen LogP contribution in [0, 0.1) is 0 Å². The van der Waals surface area contributed by atoms with Crippen LogP contribution >= 0.6 is 0 Å². The lowest BCUT2D eigenvalue weighted by atomic mass is 10.1. The first kappa shape index (κ1) is 15.0. The Balaban J connectivity index is 1.49. The van der Waals surface area contributed by atoms with Crippen molar-refractivity contribution in [2.24, 2.45) is 0 Å². The van der Waals surface area contributed by atoms with E-state index >= 15 is 0 Å². The Hall–Kier alpha value is -2.59. The highest BCUT2D eigenvalue weighted by atomic mass is 15.2. The molecule has 1 aromatic heterocycles. The summed E-state index contributed by atoms with van der Waals surface area (Å²) >= 11 is 0. The van der Waals surface area contributed by atoms with Gasteiger partial charge in [0.1, 0.15) is 0 Å². The van der Waals surface area contributed by atoms with Gasteiger partial charge in [-0.2, -0.15) is 5.10 Å². The summed E-state index contributed by atoms with van der Waals surface area (Å²) in [6, 6.07) is 17.0. The Morgan fingerprint density at radius 1 is 0.917 bits per heavy atom. The Kier molecular flexibility index (Phi) is 4.05. The van der Waals surface area contributed by atoms with Crippen molar-refractivity contribution in [3.8, 4) is 0 Å².